The van der Waals surface area contributed by atoms with E-state index in [9.17, 15) is 23.4 Å². The molecular weight excluding hydrogens is 621 g/mol. The Morgan fingerprint density at radius 2 is 1.49 bits per heavy atom. The van der Waals surface area contributed by atoms with Gasteiger partial charge in [0.15, 0.2) is 5.60 Å². The molecule has 0 bridgehead atoms. The van der Waals surface area contributed by atoms with Crippen molar-refractivity contribution in [2.45, 2.75) is 24.2 Å². The molecule has 2 aromatic carbocycles. The van der Waals surface area contributed by atoms with Gasteiger partial charge in [0.2, 0.25) is 0 Å². The first-order valence-corrected chi connectivity index (χ1v) is 14.7. The smallest absolute Gasteiger partial charge is 0.323 e. The second-order valence-electron chi connectivity index (χ2n) is 11.2. The number of nitrogens with zero attached hydrogens (tertiary/aromatic N) is 7. The summed E-state index contributed by atoms with van der Waals surface area (Å²) in [6.45, 7) is 1.13. The summed E-state index contributed by atoms with van der Waals surface area (Å²) in [5.41, 5.74) is -1.40. The molecule has 0 spiro atoms. The second-order valence-corrected chi connectivity index (χ2v) is 11.2. The highest BCUT2D eigenvalue weighted by Crippen LogP contribution is 2.47. The van der Waals surface area contributed by atoms with Crippen LogP contribution >= 0.6 is 0 Å². The molecular formula is C33H30F5N7O2. The van der Waals surface area contributed by atoms with Gasteiger partial charge in [0.1, 0.15) is 42.8 Å². The molecule has 14 heteroatoms. The van der Waals surface area contributed by atoms with E-state index < -0.39 is 53.7 Å². The van der Waals surface area contributed by atoms with Gasteiger partial charge >= 0.3 is 5.92 Å². The minimum atomic E-state index is -4.13. The third-order valence-corrected chi connectivity index (χ3v) is 8.31. The third-order valence-electron chi connectivity index (χ3n) is 8.31. The zero-order valence-electron chi connectivity index (χ0n) is 24.9. The Bertz CT molecular complexity index is 1780. The van der Waals surface area contributed by atoms with Crippen LogP contribution in [0.2, 0.25) is 0 Å². The lowest BCUT2D eigenvalue weighted by Crippen LogP contribution is -2.48. The maximum absolute atomic E-state index is 16.1. The van der Waals surface area contributed by atoms with Gasteiger partial charge in [0, 0.05) is 55.3 Å². The van der Waals surface area contributed by atoms with Gasteiger partial charge in [-0.05, 0) is 48.0 Å². The molecule has 1 saturated heterocycles. The van der Waals surface area contributed by atoms with E-state index in [-0.39, 0.29) is 0 Å². The highest BCUT2D eigenvalue weighted by molar-refractivity contribution is 5.66. The van der Waals surface area contributed by atoms with Crippen LogP contribution in [0.1, 0.15) is 23.1 Å². The number of aliphatic hydroxyl groups is 2. The van der Waals surface area contributed by atoms with Crippen molar-refractivity contribution in [3.63, 3.8) is 0 Å². The van der Waals surface area contributed by atoms with Gasteiger partial charge in [-0.3, -0.25) is 9.97 Å². The van der Waals surface area contributed by atoms with Crippen molar-refractivity contribution in [2.75, 3.05) is 42.7 Å². The Morgan fingerprint density at radius 1 is 0.809 bits per heavy atom. The van der Waals surface area contributed by atoms with E-state index in [1.165, 1.54) is 12.3 Å². The zero-order chi connectivity index (χ0) is 33.2. The molecule has 0 saturated carbocycles. The molecule has 47 heavy (non-hydrogen) atoms. The first-order valence-electron chi connectivity index (χ1n) is 14.7. The van der Waals surface area contributed by atoms with Crippen molar-refractivity contribution in [1.82, 2.24) is 24.7 Å². The molecule has 0 aliphatic carbocycles. The van der Waals surface area contributed by atoms with E-state index in [1.54, 1.807) is 12.3 Å². The number of anilines is 2. The van der Waals surface area contributed by atoms with Gasteiger partial charge in [0.05, 0.1) is 24.1 Å². The van der Waals surface area contributed by atoms with Crippen LogP contribution < -0.4 is 9.80 Å². The number of halogens is 5. The van der Waals surface area contributed by atoms with Gasteiger partial charge in [-0.25, -0.2) is 22.8 Å². The van der Waals surface area contributed by atoms with Gasteiger partial charge in [-0.2, -0.15) is 13.9 Å². The maximum Gasteiger partial charge on any atom is 0.323 e. The van der Waals surface area contributed by atoms with E-state index in [1.807, 2.05) is 30.3 Å². The minimum Gasteiger partial charge on any atom is -0.384 e. The summed E-state index contributed by atoms with van der Waals surface area (Å²) in [6.07, 6.45) is 3.84. The third kappa shape index (κ3) is 6.38. The summed E-state index contributed by atoms with van der Waals surface area (Å²) in [6, 6.07) is 15.5. The quantitative estimate of drug-likeness (QED) is 0.203. The Hall–Kier alpha value is -4.95. The fourth-order valence-corrected chi connectivity index (χ4v) is 5.64. The molecule has 1 aliphatic heterocycles. The molecule has 244 valence electrons. The topological polar surface area (TPSA) is 103 Å². The van der Waals surface area contributed by atoms with Crippen molar-refractivity contribution in [2.24, 2.45) is 0 Å². The Balaban J connectivity index is 1.15. The number of pyridine rings is 2. The standard InChI is InChI=1S/C33H30F5N7O2/c34-16-30(46)29-9-7-26(18-40-29)44-13-11-43(12-14-44)25-5-1-22(2-6-25)23-3-10-31(41-17-23)33(37,38)32(47,19-45-21-39-20-42-45)27-8-4-24(35)15-28(27)36/h1-10,15,17-18,20-21,30,46-47H,11-14,16,19H2. The number of benzene rings is 2. The van der Waals surface area contributed by atoms with Gasteiger partial charge in [-0.1, -0.05) is 18.2 Å². The lowest BCUT2D eigenvalue weighted by Gasteiger charge is -2.37. The summed E-state index contributed by atoms with van der Waals surface area (Å²) in [4.78, 5) is 16.2. The maximum atomic E-state index is 16.1. The van der Waals surface area contributed by atoms with E-state index >= 15 is 8.78 Å². The average Bonchev–Trinajstić information content (AvgIpc) is 3.61. The SMILES string of the molecule is OC(CF)c1ccc(N2CCN(c3ccc(-c4ccc(C(F)(F)C(O)(Cn5cncn5)c5ccc(F)cc5F)nc4)cc3)CC2)cn1. The predicted molar refractivity (Wildman–Crippen MR) is 163 cm³/mol. The van der Waals surface area contributed by atoms with Crippen LogP contribution in [0.4, 0.5) is 33.3 Å². The predicted octanol–water partition coefficient (Wildman–Crippen LogP) is 5.02. The number of rotatable bonds is 10. The molecule has 1 fully saturated rings. The summed E-state index contributed by atoms with van der Waals surface area (Å²) in [5.74, 6) is -6.45. The van der Waals surface area contributed by atoms with Crippen molar-refractivity contribution < 1.29 is 32.2 Å². The molecule has 0 radical (unpaired) electrons. The van der Waals surface area contributed by atoms with Crippen LogP contribution in [0.25, 0.3) is 11.1 Å². The van der Waals surface area contributed by atoms with Gasteiger partial charge < -0.3 is 20.0 Å². The van der Waals surface area contributed by atoms with E-state index in [4.69, 9.17) is 0 Å². The van der Waals surface area contributed by atoms with Crippen molar-refractivity contribution in [3.05, 3.63) is 120 Å². The highest BCUT2D eigenvalue weighted by atomic mass is 19.3. The largest absolute Gasteiger partial charge is 0.384 e. The molecule has 0 amide bonds. The minimum absolute atomic E-state index is 0.290. The molecule has 2 atom stereocenters. The van der Waals surface area contributed by atoms with Crippen molar-refractivity contribution >= 4 is 11.4 Å². The number of hydrogen-bond acceptors (Lipinski definition) is 8. The summed E-state index contributed by atoms with van der Waals surface area (Å²) >= 11 is 0. The Morgan fingerprint density at radius 3 is 2.06 bits per heavy atom. The lowest BCUT2D eigenvalue weighted by molar-refractivity contribution is -0.207. The molecule has 5 aromatic rings. The average molecular weight is 652 g/mol. The van der Waals surface area contributed by atoms with Crippen LogP contribution in [0.5, 0.6) is 0 Å². The summed E-state index contributed by atoms with van der Waals surface area (Å²) in [7, 11) is 0. The van der Waals surface area contributed by atoms with Gasteiger partial charge in [-0.15, -0.1) is 0 Å². The lowest BCUT2D eigenvalue weighted by atomic mass is 9.84. The number of aliphatic hydroxyl groups excluding tert-OH is 1. The molecule has 2 unspecified atom stereocenters. The van der Waals surface area contributed by atoms with Crippen molar-refractivity contribution in [3.8, 4) is 11.1 Å². The van der Waals surface area contributed by atoms with E-state index in [2.05, 4.69) is 29.9 Å². The zero-order valence-corrected chi connectivity index (χ0v) is 24.9. The van der Waals surface area contributed by atoms with Crippen LogP contribution in [-0.4, -0.2) is 67.8 Å². The highest BCUT2D eigenvalue weighted by Gasteiger charge is 2.57. The fourth-order valence-electron chi connectivity index (χ4n) is 5.64. The Labute approximate surface area is 266 Å². The molecule has 2 N–H and O–H groups in total. The van der Waals surface area contributed by atoms with E-state index in [0.29, 0.717) is 17.3 Å². The monoisotopic (exact) mass is 651 g/mol. The van der Waals surface area contributed by atoms with Crippen LogP contribution in [0, 0.1) is 11.6 Å². The van der Waals surface area contributed by atoms with Crippen molar-refractivity contribution in [1.29, 1.82) is 0 Å². The van der Waals surface area contributed by atoms with Gasteiger partial charge in [0.25, 0.3) is 0 Å². The number of hydrogen-bond donors (Lipinski definition) is 2. The van der Waals surface area contributed by atoms with Crippen LogP contribution in [-0.2, 0) is 18.1 Å². The molecule has 4 heterocycles. The van der Waals surface area contributed by atoms with E-state index in [0.717, 1.165) is 78.7 Å². The first kappa shape index (κ1) is 32.0. The number of piperazine rings is 1. The number of alkyl halides is 3. The van der Waals surface area contributed by atoms with Crippen LogP contribution in [0.3, 0.4) is 0 Å². The fraction of sp³-hybridized carbons (Fsp3) is 0.273. The molecule has 9 nitrogen and oxygen atoms in total. The molecule has 3 aromatic heterocycles. The number of aromatic nitrogens is 5. The Kier molecular flexibility index (Phi) is 8.88. The summed E-state index contributed by atoms with van der Waals surface area (Å²) in [5, 5.41) is 24.8. The normalized spacial score (nSPS) is 15.8. The first-order chi connectivity index (χ1) is 22.6. The van der Waals surface area contributed by atoms with Crippen LogP contribution in [0.15, 0.2) is 91.8 Å². The second kappa shape index (κ2) is 13.0. The molecule has 1 aliphatic rings. The molecule has 6 rings (SSSR count). The summed E-state index contributed by atoms with van der Waals surface area (Å²) < 4.78 is 74.2.